The second-order valence-electron chi connectivity index (χ2n) is 3.46. The van der Waals surface area contributed by atoms with Crippen LogP contribution < -0.4 is 5.32 Å². The minimum atomic E-state index is -0.225. The van der Waals surface area contributed by atoms with E-state index >= 15 is 0 Å². The molecule has 2 aromatic rings. The number of nitrogens with zero attached hydrogens (tertiary/aromatic N) is 4. The number of aromatic nitrogens is 4. The largest absolute Gasteiger partial charge is 0.321 e. The predicted octanol–water partition coefficient (Wildman–Crippen LogP) is 1.18. The molecule has 2 aromatic heterocycles. The lowest BCUT2D eigenvalue weighted by atomic mass is 10.3. The van der Waals surface area contributed by atoms with Crippen molar-refractivity contribution in [1.82, 2.24) is 20.0 Å². The van der Waals surface area contributed by atoms with Gasteiger partial charge in [0.25, 0.3) is 5.91 Å². The Labute approximate surface area is 98.0 Å². The number of hydrogen-bond acceptors (Lipinski definition) is 4. The van der Waals surface area contributed by atoms with Crippen molar-refractivity contribution in [2.75, 3.05) is 5.32 Å². The molecule has 86 valence electrons. The fourth-order valence-corrected chi connectivity index (χ4v) is 1.15. The van der Waals surface area contributed by atoms with E-state index in [1.165, 1.54) is 4.80 Å². The van der Waals surface area contributed by atoms with Crippen molar-refractivity contribution in [2.45, 2.75) is 6.92 Å². The van der Waals surface area contributed by atoms with Gasteiger partial charge in [0.1, 0.15) is 0 Å². The van der Waals surface area contributed by atoms with Crippen LogP contribution in [0, 0.1) is 0 Å². The lowest BCUT2D eigenvalue weighted by Gasteiger charge is -2.04. The molecule has 6 nitrogen and oxygen atoms in total. The van der Waals surface area contributed by atoms with Crippen LogP contribution in [0.1, 0.15) is 6.92 Å². The summed E-state index contributed by atoms with van der Waals surface area (Å²) in [4.78, 5) is 16.9. The van der Waals surface area contributed by atoms with Gasteiger partial charge in [0.2, 0.25) is 0 Å². The SMILES string of the molecule is C=C(C)C(=O)Nc1ccc(-n2nccn2)nc1. The van der Waals surface area contributed by atoms with Crippen LogP contribution in [-0.4, -0.2) is 25.9 Å². The molecule has 6 heteroatoms. The van der Waals surface area contributed by atoms with Gasteiger partial charge in [0.15, 0.2) is 5.82 Å². The highest BCUT2D eigenvalue weighted by Gasteiger charge is 2.04. The Bertz CT molecular complexity index is 529. The zero-order chi connectivity index (χ0) is 12.3. The van der Waals surface area contributed by atoms with Crippen LogP contribution in [0.5, 0.6) is 0 Å². The van der Waals surface area contributed by atoms with Crippen molar-refractivity contribution in [3.05, 3.63) is 42.9 Å². The topological polar surface area (TPSA) is 72.7 Å². The molecule has 0 saturated carbocycles. The van der Waals surface area contributed by atoms with Gasteiger partial charge in [-0.3, -0.25) is 4.79 Å². The van der Waals surface area contributed by atoms with Crippen molar-refractivity contribution in [3.8, 4) is 5.82 Å². The van der Waals surface area contributed by atoms with Crippen LogP contribution in [0.4, 0.5) is 5.69 Å². The van der Waals surface area contributed by atoms with Gasteiger partial charge >= 0.3 is 0 Å². The number of anilines is 1. The summed E-state index contributed by atoms with van der Waals surface area (Å²) in [5.41, 5.74) is 1.05. The van der Waals surface area contributed by atoms with E-state index in [1.807, 2.05) is 0 Å². The summed E-state index contributed by atoms with van der Waals surface area (Å²) in [6.07, 6.45) is 4.68. The molecule has 0 aromatic carbocycles. The lowest BCUT2D eigenvalue weighted by molar-refractivity contribution is -0.112. The smallest absolute Gasteiger partial charge is 0.250 e. The molecule has 1 N–H and O–H groups in total. The fourth-order valence-electron chi connectivity index (χ4n) is 1.15. The van der Waals surface area contributed by atoms with Gasteiger partial charge in [-0.25, -0.2) is 4.98 Å². The summed E-state index contributed by atoms with van der Waals surface area (Å²) in [6.45, 7) is 5.20. The molecular formula is C11H11N5O. The Morgan fingerprint density at radius 2 is 2.06 bits per heavy atom. The first-order valence-corrected chi connectivity index (χ1v) is 4.96. The van der Waals surface area contributed by atoms with Crippen LogP contribution >= 0.6 is 0 Å². The summed E-state index contributed by atoms with van der Waals surface area (Å²) in [6, 6.07) is 3.45. The quantitative estimate of drug-likeness (QED) is 0.802. The standard InChI is InChI=1S/C11H11N5O/c1-8(2)11(17)15-9-3-4-10(12-7-9)16-13-5-6-14-16/h3-7H,1H2,2H3,(H,15,17). The van der Waals surface area contributed by atoms with Crippen molar-refractivity contribution >= 4 is 11.6 Å². The zero-order valence-electron chi connectivity index (χ0n) is 9.29. The first-order valence-electron chi connectivity index (χ1n) is 4.96. The molecule has 0 atom stereocenters. The molecule has 2 rings (SSSR count). The Morgan fingerprint density at radius 3 is 2.59 bits per heavy atom. The fraction of sp³-hybridized carbons (Fsp3) is 0.0909. The van der Waals surface area contributed by atoms with Crippen LogP contribution in [0.25, 0.3) is 5.82 Å². The van der Waals surface area contributed by atoms with Gasteiger partial charge in [-0.2, -0.15) is 10.2 Å². The van der Waals surface area contributed by atoms with Gasteiger partial charge in [-0.05, 0) is 19.1 Å². The van der Waals surface area contributed by atoms with Crippen molar-refractivity contribution in [3.63, 3.8) is 0 Å². The van der Waals surface area contributed by atoms with Gasteiger partial charge < -0.3 is 5.32 Å². The van der Waals surface area contributed by atoms with Crippen LogP contribution in [0.3, 0.4) is 0 Å². The first kappa shape index (κ1) is 11.0. The van der Waals surface area contributed by atoms with Crippen LogP contribution in [0.15, 0.2) is 42.9 Å². The van der Waals surface area contributed by atoms with E-state index in [0.717, 1.165) is 0 Å². The van der Waals surface area contributed by atoms with Crippen molar-refractivity contribution < 1.29 is 4.79 Å². The molecule has 17 heavy (non-hydrogen) atoms. The van der Waals surface area contributed by atoms with Crippen molar-refractivity contribution in [2.24, 2.45) is 0 Å². The number of carbonyl (C=O) groups excluding carboxylic acids is 1. The highest BCUT2D eigenvalue weighted by atomic mass is 16.1. The van der Waals surface area contributed by atoms with Crippen LogP contribution in [-0.2, 0) is 4.79 Å². The maximum absolute atomic E-state index is 11.4. The average molecular weight is 229 g/mol. The van der Waals surface area contributed by atoms with E-state index in [4.69, 9.17) is 0 Å². The molecule has 0 spiro atoms. The predicted molar refractivity (Wildman–Crippen MR) is 62.6 cm³/mol. The highest BCUT2D eigenvalue weighted by Crippen LogP contribution is 2.08. The zero-order valence-corrected chi connectivity index (χ0v) is 9.29. The van der Waals surface area contributed by atoms with E-state index in [0.29, 0.717) is 17.1 Å². The third kappa shape index (κ3) is 2.54. The Kier molecular flexibility index (Phi) is 2.95. The normalized spacial score (nSPS) is 9.94. The Morgan fingerprint density at radius 1 is 1.35 bits per heavy atom. The Hall–Kier alpha value is -2.50. The second-order valence-corrected chi connectivity index (χ2v) is 3.46. The molecule has 0 unspecified atom stereocenters. The number of carbonyl (C=O) groups is 1. The van der Waals surface area contributed by atoms with E-state index in [9.17, 15) is 4.79 Å². The Balaban J connectivity index is 2.14. The third-order valence-electron chi connectivity index (χ3n) is 2.02. The first-order chi connectivity index (χ1) is 8.16. The van der Waals surface area contributed by atoms with Gasteiger partial charge in [0, 0.05) is 5.57 Å². The van der Waals surface area contributed by atoms with E-state index < -0.39 is 0 Å². The van der Waals surface area contributed by atoms with Gasteiger partial charge in [-0.15, -0.1) is 4.80 Å². The number of rotatable bonds is 3. The average Bonchev–Trinajstić information content (AvgIpc) is 2.83. The highest BCUT2D eigenvalue weighted by molar-refractivity contribution is 6.02. The molecule has 0 radical (unpaired) electrons. The van der Waals surface area contributed by atoms with E-state index in [-0.39, 0.29) is 5.91 Å². The molecule has 0 aliphatic heterocycles. The monoisotopic (exact) mass is 229 g/mol. The lowest BCUT2D eigenvalue weighted by Crippen LogP contribution is -2.12. The second kappa shape index (κ2) is 4.56. The van der Waals surface area contributed by atoms with Gasteiger partial charge in [0.05, 0.1) is 24.3 Å². The molecule has 0 saturated heterocycles. The molecule has 0 aliphatic carbocycles. The maximum Gasteiger partial charge on any atom is 0.250 e. The van der Waals surface area contributed by atoms with E-state index in [1.54, 1.807) is 37.6 Å². The van der Waals surface area contributed by atoms with E-state index in [2.05, 4.69) is 27.1 Å². The molecular weight excluding hydrogens is 218 g/mol. The minimum Gasteiger partial charge on any atom is -0.321 e. The molecule has 1 amide bonds. The third-order valence-corrected chi connectivity index (χ3v) is 2.02. The molecule has 2 heterocycles. The number of amides is 1. The van der Waals surface area contributed by atoms with Crippen molar-refractivity contribution in [1.29, 1.82) is 0 Å². The number of hydrogen-bond donors (Lipinski definition) is 1. The maximum atomic E-state index is 11.4. The van der Waals surface area contributed by atoms with Crippen LogP contribution in [0.2, 0.25) is 0 Å². The summed E-state index contributed by atoms with van der Waals surface area (Å²) in [5.74, 6) is 0.361. The minimum absolute atomic E-state index is 0.225. The van der Waals surface area contributed by atoms with Gasteiger partial charge in [-0.1, -0.05) is 6.58 Å². The molecule has 0 aliphatic rings. The molecule has 0 fully saturated rings. The summed E-state index contributed by atoms with van der Waals surface area (Å²) in [5, 5.41) is 10.6. The summed E-state index contributed by atoms with van der Waals surface area (Å²) >= 11 is 0. The summed E-state index contributed by atoms with van der Waals surface area (Å²) < 4.78 is 0. The molecule has 0 bridgehead atoms. The number of pyridine rings is 1. The summed E-state index contributed by atoms with van der Waals surface area (Å²) in [7, 11) is 0. The number of nitrogens with one attached hydrogen (secondary N) is 1.